The molecule has 0 bridgehead atoms. The van der Waals surface area contributed by atoms with Crippen molar-refractivity contribution in [2.45, 2.75) is 39.0 Å². The third-order valence-corrected chi connectivity index (χ3v) is 3.29. The van der Waals surface area contributed by atoms with Gasteiger partial charge < -0.3 is 14.8 Å². The average molecular weight is 277 g/mol. The maximum absolute atomic E-state index is 13.6. The minimum absolute atomic E-state index is 0.0509. The minimum Gasteiger partial charge on any atom is -0.467 e. The van der Waals surface area contributed by atoms with Gasteiger partial charge in [-0.2, -0.15) is 0 Å². The van der Waals surface area contributed by atoms with Crippen LogP contribution >= 0.6 is 0 Å². The molecule has 1 heterocycles. The van der Waals surface area contributed by atoms with Crippen LogP contribution in [0.25, 0.3) is 0 Å². The zero-order valence-corrected chi connectivity index (χ0v) is 11.8. The van der Waals surface area contributed by atoms with Crippen LogP contribution in [0.4, 0.5) is 4.39 Å². The SMILES string of the molecule is Cc1ccc(F)c(CN[C@@H](C)C[C@@H](O)c2ccco2)c1. The molecule has 0 spiro atoms. The van der Waals surface area contributed by atoms with Gasteiger partial charge in [-0.3, -0.25) is 0 Å². The highest BCUT2D eigenvalue weighted by Gasteiger charge is 2.14. The van der Waals surface area contributed by atoms with Crippen molar-refractivity contribution in [2.24, 2.45) is 0 Å². The summed E-state index contributed by atoms with van der Waals surface area (Å²) in [6.07, 6.45) is 1.41. The molecule has 0 radical (unpaired) electrons. The van der Waals surface area contributed by atoms with E-state index in [-0.39, 0.29) is 11.9 Å². The number of benzene rings is 1. The van der Waals surface area contributed by atoms with E-state index >= 15 is 0 Å². The van der Waals surface area contributed by atoms with Crippen LogP contribution in [-0.2, 0) is 6.54 Å². The molecule has 0 saturated heterocycles. The summed E-state index contributed by atoms with van der Waals surface area (Å²) in [6, 6.07) is 8.61. The molecule has 0 amide bonds. The lowest BCUT2D eigenvalue weighted by atomic mass is 10.1. The Hall–Kier alpha value is -1.65. The molecule has 2 aromatic rings. The van der Waals surface area contributed by atoms with E-state index in [4.69, 9.17) is 4.42 Å². The molecule has 4 heteroatoms. The summed E-state index contributed by atoms with van der Waals surface area (Å²) in [4.78, 5) is 0. The van der Waals surface area contributed by atoms with Crippen LogP contribution in [0.5, 0.6) is 0 Å². The Labute approximate surface area is 118 Å². The monoisotopic (exact) mass is 277 g/mol. The zero-order valence-electron chi connectivity index (χ0n) is 11.8. The fraction of sp³-hybridized carbons (Fsp3) is 0.375. The Morgan fingerprint density at radius 3 is 2.85 bits per heavy atom. The molecule has 2 atom stereocenters. The summed E-state index contributed by atoms with van der Waals surface area (Å²) in [5.41, 5.74) is 1.68. The van der Waals surface area contributed by atoms with Gasteiger partial charge in [0.15, 0.2) is 0 Å². The van der Waals surface area contributed by atoms with Gasteiger partial charge in [-0.15, -0.1) is 0 Å². The third-order valence-electron chi connectivity index (χ3n) is 3.29. The number of halogens is 1. The first-order valence-corrected chi connectivity index (χ1v) is 6.76. The summed E-state index contributed by atoms with van der Waals surface area (Å²) >= 11 is 0. The van der Waals surface area contributed by atoms with Crippen molar-refractivity contribution in [1.82, 2.24) is 5.32 Å². The van der Waals surface area contributed by atoms with Gasteiger partial charge >= 0.3 is 0 Å². The Balaban J connectivity index is 1.86. The number of aliphatic hydroxyl groups excluding tert-OH is 1. The Kier molecular flexibility index (Phi) is 4.93. The van der Waals surface area contributed by atoms with Crippen molar-refractivity contribution in [3.05, 3.63) is 59.3 Å². The van der Waals surface area contributed by atoms with Crippen molar-refractivity contribution < 1.29 is 13.9 Å². The van der Waals surface area contributed by atoms with E-state index in [1.54, 1.807) is 24.5 Å². The molecule has 0 aliphatic carbocycles. The summed E-state index contributed by atoms with van der Waals surface area (Å²) in [5, 5.41) is 13.2. The molecule has 0 saturated carbocycles. The second-order valence-electron chi connectivity index (χ2n) is 5.14. The van der Waals surface area contributed by atoms with E-state index in [0.29, 0.717) is 24.3 Å². The molecular formula is C16H20FNO2. The molecule has 0 aliphatic rings. The topological polar surface area (TPSA) is 45.4 Å². The molecule has 0 unspecified atom stereocenters. The predicted molar refractivity (Wildman–Crippen MR) is 75.7 cm³/mol. The van der Waals surface area contributed by atoms with Crippen LogP contribution in [0.3, 0.4) is 0 Å². The van der Waals surface area contributed by atoms with E-state index in [9.17, 15) is 9.50 Å². The summed E-state index contributed by atoms with van der Waals surface area (Å²) in [7, 11) is 0. The van der Waals surface area contributed by atoms with Gasteiger partial charge in [-0.05, 0) is 38.5 Å². The molecule has 20 heavy (non-hydrogen) atoms. The van der Waals surface area contributed by atoms with E-state index < -0.39 is 6.10 Å². The first-order chi connectivity index (χ1) is 9.56. The zero-order chi connectivity index (χ0) is 14.5. The Morgan fingerprint density at radius 2 is 2.15 bits per heavy atom. The van der Waals surface area contributed by atoms with Gasteiger partial charge in [0.2, 0.25) is 0 Å². The fourth-order valence-electron chi connectivity index (χ4n) is 2.14. The fourth-order valence-corrected chi connectivity index (χ4v) is 2.14. The first-order valence-electron chi connectivity index (χ1n) is 6.76. The number of nitrogens with one attached hydrogen (secondary N) is 1. The van der Waals surface area contributed by atoms with E-state index in [2.05, 4.69) is 5.32 Å². The van der Waals surface area contributed by atoms with E-state index in [0.717, 1.165) is 5.56 Å². The highest BCUT2D eigenvalue weighted by Crippen LogP contribution is 2.19. The van der Waals surface area contributed by atoms with Gasteiger partial charge in [0.05, 0.1) is 6.26 Å². The smallest absolute Gasteiger partial charge is 0.132 e. The van der Waals surface area contributed by atoms with Crippen LogP contribution in [0, 0.1) is 12.7 Å². The lowest BCUT2D eigenvalue weighted by Crippen LogP contribution is -2.27. The molecule has 3 nitrogen and oxygen atoms in total. The number of furan rings is 1. The third kappa shape index (κ3) is 3.92. The highest BCUT2D eigenvalue weighted by molar-refractivity contribution is 5.23. The van der Waals surface area contributed by atoms with Crippen molar-refractivity contribution in [3.63, 3.8) is 0 Å². The van der Waals surface area contributed by atoms with Crippen LogP contribution in [0.1, 0.15) is 36.3 Å². The highest BCUT2D eigenvalue weighted by atomic mass is 19.1. The van der Waals surface area contributed by atoms with Crippen LogP contribution < -0.4 is 5.32 Å². The van der Waals surface area contributed by atoms with E-state index in [1.165, 1.54) is 6.07 Å². The van der Waals surface area contributed by atoms with Gasteiger partial charge in [0, 0.05) is 18.2 Å². The largest absolute Gasteiger partial charge is 0.467 e. The van der Waals surface area contributed by atoms with Crippen LogP contribution in [0.2, 0.25) is 0 Å². The van der Waals surface area contributed by atoms with Crippen molar-refractivity contribution in [3.8, 4) is 0 Å². The van der Waals surface area contributed by atoms with Crippen LogP contribution in [-0.4, -0.2) is 11.1 Å². The standard InChI is InChI=1S/C16H20FNO2/c1-11-5-6-14(17)13(8-11)10-18-12(2)9-15(19)16-4-3-7-20-16/h3-8,12,15,18-19H,9-10H2,1-2H3/t12-,15+/m0/s1. The first kappa shape index (κ1) is 14.8. The maximum atomic E-state index is 13.6. The number of aryl methyl sites for hydroxylation is 1. The quantitative estimate of drug-likeness (QED) is 0.851. The summed E-state index contributed by atoms with van der Waals surface area (Å²) < 4.78 is 18.8. The number of rotatable bonds is 6. The molecule has 1 aromatic heterocycles. The minimum atomic E-state index is -0.644. The van der Waals surface area contributed by atoms with Gasteiger partial charge in [0.1, 0.15) is 17.7 Å². The predicted octanol–water partition coefficient (Wildman–Crippen LogP) is 3.33. The maximum Gasteiger partial charge on any atom is 0.132 e. The number of aliphatic hydroxyl groups is 1. The van der Waals surface area contributed by atoms with Crippen molar-refractivity contribution >= 4 is 0 Å². The molecular weight excluding hydrogens is 257 g/mol. The average Bonchev–Trinajstić information content (AvgIpc) is 2.94. The van der Waals surface area contributed by atoms with Gasteiger partial charge in [-0.1, -0.05) is 17.7 Å². The van der Waals surface area contributed by atoms with Gasteiger partial charge in [-0.25, -0.2) is 4.39 Å². The van der Waals surface area contributed by atoms with Crippen molar-refractivity contribution in [1.29, 1.82) is 0 Å². The lowest BCUT2D eigenvalue weighted by Gasteiger charge is -2.17. The van der Waals surface area contributed by atoms with Crippen LogP contribution in [0.15, 0.2) is 41.0 Å². The second kappa shape index (κ2) is 6.68. The van der Waals surface area contributed by atoms with E-state index in [1.807, 2.05) is 19.9 Å². The molecule has 0 fully saturated rings. The second-order valence-corrected chi connectivity index (χ2v) is 5.14. The molecule has 2 N–H and O–H groups in total. The number of hydrogen-bond donors (Lipinski definition) is 2. The molecule has 1 aromatic carbocycles. The Bertz CT molecular complexity index is 539. The molecule has 108 valence electrons. The molecule has 0 aliphatic heterocycles. The molecule has 2 rings (SSSR count). The van der Waals surface area contributed by atoms with Crippen molar-refractivity contribution in [2.75, 3.05) is 0 Å². The number of hydrogen-bond acceptors (Lipinski definition) is 3. The Morgan fingerprint density at radius 1 is 1.35 bits per heavy atom. The summed E-state index contributed by atoms with van der Waals surface area (Å²) in [6.45, 7) is 4.34. The lowest BCUT2D eigenvalue weighted by molar-refractivity contribution is 0.128. The van der Waals surface area contributed by atoms with Gasteiger partial charge in [0.25, 0.3) is 0 Å². The summed E-state index contributed by atoms with van der Waals surface area (Å²) in [5.74, 6) is 0.349. The normalized spacial score (nSPS) is 14.2.